The monoisotopic (exact) mass is 357 g/mol. The summed E-state index contributed by atoms with van der Waals surface area (Å²) in [7, 11) is 1.53. The molecule has 24 heavy (non-hydrogen) atoms. The van der Waals surface area contributed by atoms with Gasteiger partial charge < -0.3 is 25.6 Å². The SMILES string of the molecule is COc1nc(C)nc(Cl)c1NC1=NCCN1.O=C(O)/C=C/C(=O)O. The maximum absolute atomic E-state index is 9.55. The van der Waals surface area contributed by atoms with Crippen molar-refractivity contribution in [1.29, 1.82) is 0 Å². The van der Waals surface area contributed by atoms with Gasteiger partial charge in [0.25, 0.3) is 0 Å². The van der Waals surface area contributed by atoms with Gasteiger partial charge in [0.05, 0.1) is 13.7 Å². The van der Waals surface area contributed by atoms with Crippen molar-refractivity contribution in [2.75, 3.05) is 25.5 Å². The van der Waals surface area contributed by atoms with Crippen LogP contribution in [0.2, 0.25) is 5.15 Å². The molecule has 4 N–H and O–H groups in total. The average molecular weight is 358 g/mol. The van der Waals surface area contributed by atoms with Crippen LogP contribution in [-0.4, -0.2) is 58.3 Å². The number of halogens is 1. The first-order chi connectivity index (χ1) is 11.3. The number of guanidine groups is 1. The van der Waals surface area contributed by atoms with Crippen LogP contribution in [0.5, 0.6) is 5.88 Å². The molecule has 0 aliphatic carbocycles. The molecular weight excluding hydrogens is 342 g/mol. The summed E-state index contributed by atoms with van der Waals surface area (Å²) in [6.07, 6.45) is 1.12. The number of hydrogen-bond donors (Lipinski definition) is 4. The molecule has 0 fully saturated rings. The van der Waals surface area contributed by atoms with Gasteiger partial charge in [0.2, 0.25) is 5.88 Å². The Morgan fingerprint density at radius 2 is 1.92 bits per heavy atom. The van der Waals surface area contributed by atoms with Crippen LogP contribution >= 0.6 is 11.6 Å². The fourth-order valence-corrected chi connectivity index (χ4v) is 1.76. The lowest BCUT2D eigenvalue weighted by Gasteiger charge is -2.11. The number of carboxylic acids is 2. The van der Waals surface area contributed by atoms with E-state index in [0.29, 0.717) is 40.7 Å². The molecule has 0 unspecified atom stereocenters. The highest BCUT2D eigenvalue weighted by molar-refractivity contribution is 6.32. The molecule has 0 radical (unpaired) electrons. The molecule has 0 aromatic carbocycles. The number of aliphatic imine (C=N–C) groups is 1. The fourth-order valence-electron chi connectivity index (χ4n) is 1.51. The van der Waals surface area contributed by atoms with Crippen molar-refractivity contribution in [2.45, 2.75) is 6.92 Å². The quantitative estimate of drug-likeness (QED) is 0.447. The lowest BCUT2D eigenvalue weighted by atomic mass is 10.4. The van der Waals surface area contributed by atoms with Crippen molar-refractivity contribution in [3.8, 4) is 5.88 Å². The predicted molar refractivity (Wildman–Crippen MR) is 86.7 cm³/mol. The number of rotatable bonds is 4. The number of hydrogen-bond acceptors (Lipinski definition) is 8. The van der Waals surface area contributed by atoms with Crippen LogP contribution in [0.4, 0.5) is 5.69 Å². The molecule has 0 bridgehead atoms. The Hall–Kier alpha value is -2.88. The van der Waals surface area contributed by atoms with Gasteiger partial charge in [-0.05, 0) is 6.92 Å². The minimum atomic E-state index is -1.26. The van der Waals surface area contributed by atoms with Crippen molar-refractivity contribution >= 4 is 35.2 Å². The Balaban J connectivity index is 0.000000307. The van der Waals surface area contributed by atoms with E-state index in [-0.39, 0.29) is 0 Å². The summed E-state index contributed by atoms with van der Waals surface area (Å²) in [6, 6.07) is 0. The molecule has 0 spiro atoms. The molecular formula is C13H16ClN5O5. The topological polar surface area (TPSA) is 146 Å². The molecule has 0 atom stereocenters. The highest BCUT2D eigenvalue weighted by Gasteiger charge is 2.15. The van der Waals surface area contributed by atoms with E-state index in [0.717, 1.165) is 13.1 Å². The average Bonchev–Trinajstić information content (AvgIpc) is 3.01. The number of ether oxygens (including phenoxy) is 1. The summed E-state index contributed by atoms with van der Waals surface area (Å²) in [6.45, 7) is 3.31. The number of aryl methyl sites for hydroxylation is 1. The van der Waals surface area contributed by atoms with E-state index in [2.05, 4.69) is 25.6 Å². The summed E-state index contributed by atoms with van der Waals surface area (Å²) in [5.74, 6) is -0.880. The summed E-state index contributed by atoms with van der Waals surface area (Å²) in [4.78, 5) is 31.5. The summed E-state index contributed by atoms with van der Waals surface area (Å²) >= 11 is 6.02. The maximum Gasteiger partial charge on any atom is 0.328 e. The van der Waals surface area contributed by atoms with Crippen molar-refractivity contribution in [3.63, 3.8) is 0 Å². The lowest BCUT2D eigenvalue weighted by Crippen LogP contribution is -2.26. The minimum absolute atomic E-state index is 0.320. The van der Waals surface area contributed by atoms with E-state index >= 15 is 0 Å². The van der Waals surface area contributed by atoms with Gasteiger partial charge in [-0.3, -0.25) is 4.99 Å². The van der Waals surface area contributed by atoms with Crippen LogP contribution in [0.15, 0.2) is 17.1 Å². The highest BCUT2D eigenvalue weighted by atomic mass is 35.5. The molecule has 2 rings (SSSR count). The third-order valence-electron chi connectivity index (χ3n) is 2.42. The van der Waals surface area contributed by atoms with Crippen molar-refractivity contribution in [1.82, 2.24) is 15.3 Å². The van der Waals surface area contributed by atoms with E-state index < -0.39 is 11.9 Å². The minimum Gasteiger partial charge on any atom is -0.479 e. The zero-order valence-corrected chi connectivity index (χ0v) is 13.7. The Morgan fingerprint density at radius 3 is 2.38 bits per heavy atom. The third kappa shape index (κ3) is 6.48. The smallest absolute Gasteiger partial charge is 0.328 e. The van der Waals surface area contributed by atoms with Gasteiger partial charge in [0.1, 0.15) is 11.5 Å². The maximum atomic E-state index is 9.55. The van der Waals surface area contributed by atoms with Gasteiger partial charge in [-0.1, -0.05) is 11.6 Å². The van der Waals surface area contributed by atoms with E-state index in [9.17, 15) is 9.59 Å². The second-order valence-electron chi connectivity index (χ2n) is 4.24. The zero-order valence-electron chi connectivity index (χ0n) is 12.9. The van der Waals surface area contributed by atoms with Crippen molar-refractivity contribution < 1.29 is 24.5 Å². The largest absolute Gasteiger partial charge is 0.479 e. The predicted octanol–water partition coefficient (Wildman–Crippen LogP) is 0.530. The van der Waals surface area contributed by atoms with Gasteiger partial charge in [-0.25, -0.2) is 14.6 Å². The normalized spacial score (nSPS) is 12.7. The number of methoxy groups -OCH3 is 1. The van der Waals surface area contributed by atoms with Gasteiger partial charge in [0, 0.05) is 18.7 Å². The molecule has 0 saturated heterocycles. The van der Waals surface area contributed by atoms with E-state index in [1.54, 1.807) is 6.92 Å². The lowest BCUT2D eigenvalue weighted by molar-refractivity contribution is -0.134. The molecule has 10 nitrogen and oxygen atoms in total. The summed E-state index contributed by atoms with van der Waals surface area (Å²) in [5.41, 5.74) is 0.530. The number of nitrogens with zero attached hydrogens (tertiary/aromatic N) is 3. The first-order valence-corrected chi connectivity index (χ1v) is 6.98. The Labute approximate surface area is 142 Å². The third-order valence-corrected chi connectivity index (χ3v) is 2.70. The van der Waals surface area contributed by atoms with Gasteiger partial charge in [-0.2, -0.15) is 4.98 Å². The molecule has 2 heterocycles. The van der Waals surface area contributed by atoms with Gasteiger partial charge in [0.15, 0.2) is 11.1 Å². The first-order valence-electron chi connectivity index (χ1n) is 6.61. The molecule has 0 amide bonds. The number of carbonyl (C=O) groups is 2. The molecule has 1 aromatic rings. The van der Waals surface area contributed by atoms with Crippen LogP contribution in [0, 0.1) is 6.92 Å². The Morgan fingerprint density at radius 1 is 1.29 bits per heavy atom. The summed E-state index contributed by atoms with van der Waals surface area (Å²) < 4.78 is 5.14. The molecule has 11 heteroatoms. The second kappa shape index (κ2) is 9.30. The highest BCUT2D eigenvalue weighted by Crippen LogP contribution is 2.28. The zero-order chi connectivity index (χ0) is 18.1. The second-order valence-corrected chi connectivity index (χ2v) is 4.60. The number of aliphatic carboxylic acids is 2. The van der Waals surface area contributed by atoms with E-state index in [1.165, 1.54) is 7.11 Å². The number of nitrogens with one attached hydrogen (secondary N) is 2. The molecule has 130 valence electrons. The standard InChI is InChI=1S/C9H12ClN5O.C4H4O4/c1-5-13-7(10)6(8(14-5)16-2)15-9-11-3-4-12-9;5-3(6)1-2-4(7)8/h3-4H2,1-2H3,(H2,11,12,15);1-2H,(H,5,6)(H,7,8)/b;2-1+. The number of aromatic nitrogens is 2. The van der Waals surface area contributed by atoms with Crippen molar-refractivity contribution in [2.24, 2.45) is 4.99 Å². The molecule has 1 aliphatic heterocycles. The molecule has 1 aliphatic rings. The van der Waals surface area contributed by atoms with Crippen LogP contribution in [-0.2, 0) is 9.59 Å². The van der Waals surface area contributed by atoms with Crippen LogP contribution in [0.25, 0.3) is 0 Å². The Bertz CT molecular complexity index is 661. The van der Waals surface area contributed by atoms with Crippen molar-refractivity contribution in [3.05, 3.63) is 23.1 Å². The van der Waals surface area contributed by atoms with E-state index in [1.807, 2.05) is 0 Å². The number of carboxylic acid groups (broad SMARTS) is 2. The van der Waals surface area contributed by atoms with Crippen LogP contribution in [0.3, 0.4) is 0 Å². The first kappa shape index (κ1) is 19.2. The fraction of sp³-hybridized carbons (Fsp3) is 0.308. The summed E-state index contributed by atoms with van der Waals surface area (Å²) in [5, 5.41) is 22.0. The van der Waals surface area contributed by atoms with Crippen LogP contribution in [0.1, 0.15) is 5.82 Å². The van der Waals surface area contributed by atoms with E-state index in [4.69, 9.17) is 26.6 Å². The molecule has 0 saturated carbocycles. The Kier molecular flexibility index (Phi) is 7.43. The number of anilines is 1. The van der Waals surface area contributed by atoms with Crippen LogP contribution < -0.4 is 15.4 Å². The molecule has 1 aromatic heterocycles. The van der Waals surface area contributed by atoms with Gasteiger partial charge in [-0.15, -0.1) is 0 Å². The van der Waals surface area contributed by atoms with Gasteiger partial charge >= 0.3 is 11.9 Å².